The third-order valence-electron chi connectivity index (χ3n) is 3.82. The molecule has 1 N–H and O–H groups in total. The monoisotopic (exact) mass is 373 g/mol. The Hall–Kier alpha value is -0.690. The summed E-state index contributed by atoms with van der Waals surface area (Å²) in [6.07, 6.45) is 0.204. The molecule has 0 bridgehead atoms. The first-order valence-electron chi connectivity index (χ1n) is 7.38. The molecular formula is C16H17Cl2NO3S. The van der Waals surface area contributed by atoms with Gasteiger partial charge in [0.05, 0.1) is 28.1 Å². The van der Waals surface area contributed by atoms with Crippen LogP contribution in [-0.4, -0.2) is 29.9 Å². The van der Waals surface area contributed by atoms with Crippen LogP contribution in [-0.2, 0) is 15.9 Å². The Bertz CT molecular complexity index is 686. The minimum absolute atomic E-state index is 0.0332. The average molecular weight is 374 g/mol. The second kappa shape index (κ2) is 7.47. The molecule has 1 unspecified atom stereocenters. The number of halogens is 2. The molecule has 0 amide bonds. The Morgan fingerprint density at radius 1 is 1.35 bits per heavy atom. The topological polar surface area (TPSA) is 51.6 Å². The number of hydrogen-bond acceptors (Lipinski definition) is 5. The summed E-state index contributed by atoms with van der Waals surface area (Å²) in [7, 11) is 0. The molecule has 0 saturated carbocycles. The van der Waals surface area contributed by atoms with Crippen molar-refractivity contribution in [1.82, 2.24) is 4.98 Å². The zero-order chi connectivity index (χ0) is 16.4. The van der Waals surface area contributed by atoms with Crippen LogP contribution in [0.3, 0.4) is 0 Å². The van der Waals surface area contributed by atoms with Crippen LogP contribution in [0.25, 0.3) is 0 Å². The maximum absolute atomic E-state index is 9.25. The zero-order valence-corrected chi connectivity index (χ0v) is 14.9. The summed E-state index contributed by atoms with van der Waals surface area (Å²) >= 11 is 14.0. The highest BCUT2D eigenvalue weighted by atomic mass is 35.5. The minimum Gasteiger partial charge on any atom is -0.396 e. The fourth-order valence-electron chi connectivity index (χ4n) is 2.67. The average Bonchev–Trinajstić information content (AvgIpc) is 3.18. The van der Waals surface area contributed by atoms with Gasteiger partial charge in [-0.15, -0.1) is 11.3 Å². The van der Waals surface area contributed by atoms with Gasteiger partial charge in [0.15, 0.2) is 6.29 Å². The number of nitrogens with zero attached hydrogens (tertiary/aromatic N) is 1. The van der Waals surface area contributed by atoms with Crippen molar-refractivity contribution in [2.24, 2.45) is 0 Å². The van der Waals surface area contributed by atoms with Crippen LogP contribution in [0.5, 0.6) is 0 Å². The molecule has 2 aromatic rings. The van der Waals surface area contributed by atoms with Crippen LogP contribution < -0.4 is 0 Å². The third-order valence-corrected chi connectivity index (χ3v) is 5.44. The number of hydrogen-bond donors (Lipinski definition) is 1. The van der Waals surface area contributed by atoms with Crippen LogP contribution in [0.4, 0.5) is 0 Å². The molecule has 2 aromatic heterocycles. The molecule has 1 aliphatic heterocycles. The zero-order valence-electron chi connectivity index (χ0n) is 12.6. The first-order chi connectivity index (χ1) is 11.1. The number of aliphatic hydroxyl groups is 1. The lowest BCUT2D eigenvalue weighted by Gasteiger charge is -2.15. The Balaban J connectivity index is 1.93. The largest absolute Gasteiger partial charge is 0.396 e. The summed E-state index contributed by atoms with van der Waals surface area (Å²) in [6.45, 7) is 3.30. The summed E-state index contributed by atoms with van der Waals surface area (Å²) < 4.78 is 11.8. The van der Waals surface area contributed by atoms with E-state index in [1.54, 1.807) is 6.07 Å². The van der Waals surface area contributed by atoms with Crippen molar-refractivity contribution in [1.29, 1.82) is 0 Å². The summed E-state index contributed by atoms with van der Waals surface area (Å²) in [4.78, 5) is 5.41. The molecule has 3 rings (SSSR count). The van der Waals surface area contributed by atoms with E-state index in [4.69, 9.17) is 32.7 Å². The van der Waals surface area contributed by atoms with Gasteiger partial charge in [-0.3, -0.25) is 0 Å². The number of aliphatic hydroxyl groups excluding tert-OH is 1. The van der Waals surface area contributed by atoms with Gasteiger partial charge in [0.2, 0.25) is 0 Å². The molecule has 1 aliphatic rings. The second-order valence-corrected chi connectivity index (χ2v) is 7.40. The SMILES string of the molecule is CC(c1cc(C2OCCO2)sc1Cl)c1nc(Cl)ccc1CCO. The van der Waals surface area contributed by atoms with Crippen molar-refractivity contribution in [3.05, 3.63) is 49.4 Å². The Morgan fingerprint density at radius 2 is 2.09 bits per heavy atom. The summed E-state index contributed by atoms with van der Waals surface area (Å²) in [5, 5.41) is 9.68. The van der Waals surface area contributed by atoms with Crippen molar-refractivity contribution < 1.29 is 14.6 Å². The van der Waals surface area contributed by atoms with Gasteiger partial charge in [-0.1, -0.05) is 36.2 Å². The highest BCUT2D eigenvalue weighted by Gasteiger charge is 2.25. The molecule has 0 radical (unpaired) electrons. The van der Waals surface area contributed by atoms with Crippen LogP contribution in [0, 0.1) is 0 Å². The lowest BCUT2D eigenvalue weighted by Crippen LogP contribution is -2.06. The molecule has 0 aromatic carbocycles. The smallest absolute Gasteiger partial charge is 0.193 e. The first-order valence-corrected chi connectivity index (χ1v) is 8.96. The molecule has 1 atom stereocenters. The van der Waals surface area contributed by atoms with Gasteiger partial charge < -0.3 is 14.6 Å². The highest BCUT2D eigenvalue weighted by Crippen LogP contribution is 2.40. The lowest BCUT2D eigenvalue weighted by molar-refractivity contribution is -0.0413. The van der Waals surface area contributed by atoms with E-state index in [1.165, 1.54) is 11.3 Å². The Labute approximate surface area is 149 Å². The van der Waals surface area contributed by atoms with E-state index < -0.39 is 0 Å². The molecule has 23 heavy (non-hydrogen) atoms. The van der Waals surface area contributed by atoms with Gasteiger partial charge in [-0.25, -0.2) is 4.98 Å². The maximum atomic E-state index is 9.25. The maximum Gasteiger partial charge on any atom is 0.193 e. The molecule has 4 nitrogen and oxygen atoms in total. The number of rotatable bonds is 5. The number of thiophene rings is 1. The van der Waals surface area contributed by atoms with Crippen molar-refractivity contribution in [3.8, 4) is 0 Å². The predicted molar refractivity (Wildman–Crippen MR) is 91.5 cm³/mol. The van der Waals surface area contributed by atoms with E-state index in [1.807, 2.05) is 19.1 Å². The van der Waals surface area contributed by atoms with Crippen LogP contribution in [0.2, 0.25) is 9.49 Å². The normalized spacial score (nSPS) is 16.9. The molecule has 124 valence electrons. The van der Waals surface area contributed by atoms with E-state index in [-0.39, 0.29) is 18.8 Å². The van der Waals surface area contributed by atoms with Crippen LogP contribution >= 0.6 is 34.5 Å². The first kappa shape index (κ1) is 17.1. The molecular weight excluding hydrogens is 357 g/mol. The van der Waals surface area contributed by atoms with E-state index in [0.717, 1.165) is 21.7 Å². The second-order valence-electron chi connectivity index (χ2n) is 5.32. The van der Waals surface area contributed by atoms with Crippen molar-refractivity contribution >= 4 is 34.5 Å². The van der Waals surface area contributed by atoms with Gasteiger partial charge >= 0.3 is 0 Å². The standard InChI is InChI=1S/C16H17Cl2NO3S/c1-9(14-10(4-5-20)2-3-13(17)19-14)11-8-12(23-15(11)18)16-21-6-7-22-16/h2-3,8-9,16,20H,4-7H2,1H3. The fraction of sp³-hybridized carbons (Fsp3) is 0.438. The lowest BCUT2D eigenvalue weighted by atomic mass is 9.94. The highest BCUT2D eigenvalue weighted by molar-refractivity contribution is 7.16. The molecule has 3 heterocycles. The van der Waals surface area contributed by atoms with Crippen molar-refractivity contribution in [2.75, 3.05) is 19.8 Å². The Morgan fingerprint density at radius 3 is 2.78 bits per heavy atom. The van der Waals surface area contributed by atoms with Gasteiger partial charge in [0, 0.05) is 12.5 Å². The third kappa shape index (κ3) is 3.71. The molecule has 0 aliphatic carbocycles. The van der Waals surface area contributed by atoms with Gasteiger partial charge in [0.25, 0.3) is 0 Å². The van der Waals surface area contributed by atoms with Gasteiger partial charge in [0.1, 0.15) is 5.15 Å². The number of ether oxygens (including phenoxy) is 2. The minimum atomic E-state index is -0.331. The van der Waals surface area contributed by atoms with E-state index >= 15 is 0 Å². The van der Waals surface area contributed by atoms with E-state index in [2.05, 4.69) is 4.98 Å². The predicted octanol–water partition coefficient (Wildman–Crippen LogP) is 4.18. The molecule has 7 heteroatoms. The quantitative estimate of drug-likeness (QED) is 0.798. The van der Waals surface area contributed by atoms with E-state index in [0.29, 0.717) is 29.1 Å². The van der Waals surface area contributed by atoms with Crippen LogP contribution in [0.15, 0.2) is 18.2 Å². The molecule has 1 saturated heterocycles. The van der Waals surface area contributed by atoms with Gasteiger partial charge in [-0.2, -0.15) is 0 Å². The van der Waals surface area contributed by atoms with Crippen molar-refractivity contribution in [2.45, 2.75) is 25.6 Å². The summed E-state index contributed by atoms with van der Waals surface area (Å²) in [5.74, 6) is -0.0332. The van der Waals surface area contributed by atoms with Gasteiger partial charge in [-0.05, 0) is 29.7 Å². The number of pyridine rings is 1. The van der Waals surface area contributed by atoms with Crippen molar-refractivity contribution in [3.63, 3.8) is 0 Å². The number of aromatic nitrogens is 1. The van der Waals surface area contributed by atoms with Crippen LogP contribution in [0.1, 0.15) is 40.8 Å². The fourth-order valence-corrected chi connectivity index (χ4v) is 4.29. The summed E-state index contributed by atoms with van der Waals surface area (Å²) in [5.41, 5.74) is 2.78. The molecule has 1 fully saturated rings. The Kier molecular flexibility index (Phi) is 5.57. The molecule has 0 spiro atoms. The van der Waals surface area contributed by atoms with E-state index in [9.17, 15) is 5.11 Å². The summed E-state index contributed by atoms with van der Waals surface area (Å²) in [6, 6.07) is 5.66.